The Hall–Kier alpha value is -1.06. The molecule has 0 aromatic heterocycles. The second-order valence-electron chi connectivity index (χ2n) is 4.66. The normalized spacial score (nSPS) is 10.8. The molecule has 17 heavy (non-hydrogen) atoms. The lowest BCUT2D eigenvalue weighted by Gasteiger charge is -2.19. The van der Waals surface area contributed by atoms with Gasteiger partial charge in [-0.3, -0.25) is 0 Å². The van der Waals surface area contributed by atoms with Crippen LogP contribution >= 0.6 is 0 Å². The first-order valence-corrected chi connectivity index (χ1v) is 6.32. The molecule has 1 aromatic carbocycles. The summed E-state index contributed by atoms with van der Waals surface area (Å²) in [5.74, 6) is 0. The summed E-state index contributed by atoms with van der Waals surface area (Å²) in [5.41, 5.74) is 1.28. The zero-order valence-electron chi connectivity index (χ0n) is 11.3. The van der Waals surface area contributed by atoms with Crippen molar-refractivity contribution < 1.29 is 0 Å². The zero-order valence-corrected chi connectivity index (χ0v) is 11.3. The standard InChI is InChI=1S/C14H25N3/c1-16(2)12-7-10-15-11-13-17(3)14-8-5-4-6-9-14/h4-6,8-9,15H,7,10-13H2,1-3H3. The quantitative estimate of drug-likeness (QED) is 0.691. The zero-order chi connectivity index (χ0) is 12.5. The van der Waals surface area contributed by atoms with E-state index in [1.807, 2.05) is 0 Å². The van der Waals surface area contributed by atoms with Crippen molar-refractivity contribution >= 4 is 5.69 Å². The van der Waals surface area contributed by atoms with Crippen molar-refractivity contribution in [2.75, 3.05) is 52.2 Å². The molecule has 3 nitrogen and oxygen atoms in total. The highest BCUT2D eigenvalue weighted by atomic mass is 15.1. The third-order valence-corrected chi connectivity index (χ3v) is 2.78. The van der Waals surface area contributed by atoms with E-state index in [2.05, 4.69) is 66.6 Å². The Morgan fingerprint density at radius 3 is 2.29 bits per heavy atom. The van der Waals surface area contributed by atoms with E-state index >= 15 is 0 Å². The van der Waals surface area contributed by atoms with Crippen LogP contribution in [0.4, 0.5) is 5.69 Å². The molecule has 0 aliphatic carbocycles. The molecule has 0 saturated carbocycles. The number of nitrogens with one attached hydrogen (secondary N) is 1. The maximum Gasteiger partial charge on any atom is 0.0364 e. The average Bonchev–Trinajstić information content (AvgIpc) is 2.34. The Morgan fingerprint density at radius 2 is 1.65 bits per heavy atom. The van der Waals surface area contributed by atoms with Crippen molar-refractivity contribution in [1.29, 1.82) is 0 Å². The van der Waals surface area contributed by atoms with Gasteiger partial charge in [0, 0.05) is 25.8 Å². The van der Waals surface area contributed by atoms with Crippen LogP contribution in [0.2, 0.25) is 0 Å². The highest BCUT2D eigenvalue weighted by Crippen LogP contribution is 2.09. The second-order valence-corrected chi connectivity index (χ2v) is 4.66. The number of hydrogen-bond acceptors (Lipinski definition) is 3. The summed E-state index contributed by atoms with van der Waals surface area (Å²) in [6, 6.07) is 10.5. The number of anilines is 1. The van der Waals surface area contributed by atoms with Crippen LogP contribution in [-0.4, -0.2) is 52.2 Å². The van der Waals surface area contributed by atoms with Gasteiger partial charge in [-0.2, -0.15) is 0 Å². The SMILES string of the molecule is CN(C)CCCNCCN(C)c1ccccc1. The summed E-state index contributed by atoms with van der Waals surface area (Å²) < 4.78 is 0. The Morgan fingerprint density at radius 1 is 0.941 bits per heavy atom. The number of nitrogens with zero attached hydrogens (tertiary/aromatic N) is 2. The van der Waals surface area contributed by atoms with Crippen LogP contribution in [0.5, 0.6) is 0 Å². The molecule has 0 atom stereocenters. The summed E-state index contributed by atoms with van der Waals surface area (Å²) in [4.78, 5) is 4.50. The summed E-state index contributed by atoms with van der Waals surface area (Å²) in [6.45, 7) is 4.34. The van der Waals surface area contributed by atoms with Crippen LogP contribution in [0.15, 0.2) is 30.3 Å². The molecule has 0 aliphatic rings. The minimum absolute atomic E-state index is 1.04. The fourth-order valence-electron chi connectivity index (χ4n) is 1.70. The molecule has 0 amide bonds. The first kappa shape index (κ1) is 14.0. The van der Waals surface area contributed by atoms with E-state index in [9.17, 15) is 0 Å². The Labute approximate surface area is 105 Å². The average molecular weight is 235 g/mol. The van der Waals surface area contributed by atoms with Gasteiger partial charge in [-0.05, 0) is 45.7 Å². The third kappa shape index (κ3) is 6.29. The van der Waals surface area contributed by atoms with Crippen molar-refractivity contribution in [2.45, 2.75) is 6.42 Å². The van der Waals surface area contributed by atoms with Gasteiger partial charge < -0.3 is 15.1 Å². The molecule has 0 fully saturated rings. The Kier molecular flexibility index (Phi) is 6.67. The van der Waals surface area contributed by atoms with Crippen LogP contribution in [-0.2, 0) is 0 Å². The molecule has 3 heteroatoms. The van der Waals surface area contributed by atoms with Gasteiger partial charge in [-0.15, -0.1) is 0 Å². The summed E-state index contributed by atoms with van der Waals surface area (Å²) in [6.07, 6.45) is 1.21. The molecule has 1 N–H and O–H groups in total. The maximum absolute atomic E-state index is 3.47. The van der Waals surface area contributed by atoms with Gasteiger partial charge in [0.15, 0.2) is 0 Å². The van der Waals surface area contributed by atoms with E-state index in [1.165, 1.54) is 12.1 Å². The third-order valence-electron chi connectivity index (χ3n) is 2.78. The van der Waals surface area contributed by atoms with E-state index in [0.717, 1.165) is 26.2 Å². The van der Waals surface area contributed by atoms with Crippen molar-refractivity contribution in [3.63, 3.8) is 0 Å². The maximum atomic E-state index is 3.47. The first-order chi connectivity index (χ1) is 8.20. The number of likely N-dealkylation sites (N-methyl/N-ethyl adjacent to an activating group) is 1. The smallest absolute Gasteiger partial charge is 0.0364 e. The molecule has 0 aliphatic heterocycles. The van der Waals surface area contributed by atoms with Crippen LogP contribution in [0.3, 0.4) is 0 Å². The van der Waals surface area contributed by atoms with Gasteiger partial charge >= 0.3 is 0 Å². The molecule has 0 unspecified atom stereocenters. The fraction of sp³-hybridized carbons (Fsp3) is 0.571. The molecular formula is C14H25N3. The molecule has 1 aromatic rings. The lowest BCUT2D eigenvalue weighted by Crippen LogP contribution is -2.30. The molecule has 0 radical (unpaired) electrons. The lowest BCUT2D eigenvalue weighted by molar-refractivity contribution is 0.395. The topological polar surface area (TPSA) is 18.5 Å². The molecular weight excluding hydrogens is 210 g/mol. The van der Waals surface area contributed by atoms with E-state index in [0.29, 0.717) is 0 Å². The second kappa shape index (κ2) is 8.09. The molecule has 0 saturated heterocycles. The Bertz CT molecular complexity index is 285. The van der Waals surface area contributed by atoms with Gasteiger partial charge in [-0.25, -0.2) is 0 Å². The molecule has 1 rings (SSSR count). The van der Waals surface area contributed by atoms with Gasteiger partial charge in [-0.1, -0.05) is 18.2 Å². The van der Waals surface area contributed by atoms with Crippen molar-refractivity contribution in [1.82, 2.24) is 10.2 Å². The van der Waals surface area contributed by atoms with E-state index < -0.39 is 0 Å². The van der Waals surface area contributed by atoms with E-state index in [-0.39, 0.29) is 0 Å². The van der Waals surface area contributed by atoms with Gasteiger partial charge in [0.05, 0.1) is 0 Å². The van der Waals surface area contributed by atoms with Crippen LogP contribution in [0.25, 0.3) is 0 Å². The lowest BCUT2D eigenvalue weighted by atomic mass is 10.3. The largest absolute Gasteiger partial charge is 0.373 e. The predicted molar refractivity (Wildman–Crippen MR) is 75.8 cm³/mol. The van der Waals surface area contributed by atoms with Crippen molar-refractivity contribution in [2.24, 2.45) is 0 Å². The predicted octanol–water partition coefficient (Wildman–Crippen LogP) is 1.66. The Balaban J connectivity index is 2.07. The minimum Gasteiger partial charge on any atom is -0.373 e. The van der Waals surface area contributed by atoms with Crippen LogP contribution in [0.1, 0.15) is 6.42 Å². The molecule has 0 spiro atoms. The van der Waals surface area contributed by atoms with Crippen molar-refractivity contribution in [3.05, 3.63) is 30.3 Å². The highest BCUT2D eigenvalue weighted by Gasteiger charge is 1.98. The van der Waals surface area contributed by atoms with Gasteiger partial charge in [0.2, 0.25) is 0 Å². The first-order valence-electron chi connectivity index (χ1n) is 6.32. The fourth-order valence-corrected chi connectivity index (χ4v) is 1.70. The van der Waals surface area contributed by atoms with Gasteiger partial charge in [0.25, 0.3) is 0 Å². The molecule has 96 valence electrons. The molecule has 0 bridgehead atoms. The summed E-state index contributed by atoms with van der Waals surface area (Å²) in [7, 11) is 6.36. The number of hydrogen-bond donors (Lipinski definition) is 1. The van der Waals surface area contributed by atoms with Gasteiger partial charge in [0.1, 0.15) is 0 Å². The van der Waals surface area contributed by atoms with Crippen molar-refractivity contribution in [3.8, 4) is 0 Å². The summed E-state index contributed by atoms with van der Waals surface area (Å²) >= 11 is 0. The number of benzene rings is 1. The van der Waals surface area contributed by atoms with E-state index in [4.69, 9.17) is 0 Å². The van der Waals surface area contributed by atoms with Crippen LogP contribution < -0.4 is 10.2 Å². The number of rotatable bonds is 8. The van der Waals surface area contributed by atoms with E-state index in [1.54, 1.807) is 0 Å². The number of para-hydroxylation sites is 1. The summed E-state index contributed by atoms with van der Waals surface area (Å²) in [5, 5.41) is 3.47. The highest BCUT2D eigenvalue weighted by molar-refractivity contribution is 5.44. The minimum atomic E-state index is 1.04. The van der Waals surface area contributed by atoms with Crippen LogP contribution in [0, 0.1) is 0 Å². The monoisotopic (exact) mass is 235 g/mol. The molecule has 0 heterocycles.